The van der Waals surface area contributed by atoms with Crippen molar-refractivity contribution in [2.75, 3.05) is 19.6 Å². The average molecular weight is 254 g/mol. The molecule has 0 amide bonds. The van der Waals surface area contributed by atoms with Gasteiger partial charge in [-0.1, -0.05) is 6.42 Å². The first-order valence-electron chi connectivity index (χ1n) is 6.22. The van der Waals surface area contributed by atoms with E-state index in [-0.39, 0.29) is 5.69 Å². The van der Waals surface area contributed by atoms with Gasteiger partial charge in [0.15, 0.2) is 0 Å². The first kappa shape index (κ1) is 13.0. The van der Waals surface area contributed by atoms with E-state index in [1.54, 1.807) is 0 Å². The first-order valence-corrected chi connectivity index (χ1v) is 6.22. The van der Waals surface area contributed by atoms with Crippen LogP contribution in [-0.4, -0.2) is 50.4 Å². The largest absolute Gasteiger partial charge is 0.390 e. The second-order valence-electron chi connectivity index (χ2n) is 4.69. The molecule has 2 rings (SSSR count). The van der Waals surface area contributed by atoms with Crippen LogP contribution in [0.4, 0.5) is 5.69 Å². The molecular weight excluding hydrogens is 236 g/mol. The lowest BCUT2D eigenvalue weighted by molar-refractivity contribution is -0.385. The number of β-amino-alcohol motifs (C(OH)–C–C–N with tert-alkyl or cyclic N) is 1. The van der Waals surface area contributed by atoms with Gasteiger partial charge in [-0.25, -0.2) is 0 Å². The van der Waals surface area contributed by atoms with E-state index in [1.165, 1.54) is 36.3 Å². The van der Waals surface area contributed by atoms with Gasteiger partial charge in [-0.15, -0.1) is 0 Å². The molecule has 1 N–H and O–H groups in total. The van der Waals surface area contributed by atoms with E-state index in [0.717, 1.165) is 13.1 Å². The number of aliphatic hydroxyl groups is 1. The van der Waals surface area contributed by atoms with Gasteiger partial charge in [0.05, 0.1) is 17.6 Å². The molecule has 100 valence electrons. The Kier molecular flexibility index (Phi) is 4.27. The molecule has 0 aliphatic carbocycles. The molecule has 7 heteroatoms. The Balaban J connectivity index is 1.82. The molecule has 1 aromatic rings. The number of nitro groups is 1. The molecule has 0 saturated carbocycles. The summed E-state index contributed by atoms with van der Waals surface area (Å²) in [6.45, 7) is 2.95. The topological polar surface area (TPSA) is 84.4 Å². The van der Waals surface area contributed by atoms with Crippen LogP contribution in [0.2, 0.25) is 0 Å². The fourth-order valence-corrected chi connectivity index (χ4v) is 2.26. The van der Waals surface area contributed by atoms with Crippen molar-refractivity contribution in [3.05, 3.63) is 22.5 Å². The Hall–Kier alpha value is -1.47. The van der Waals surface area contributed by atoms with E-state index in [1.807, 2.05) is 0 Å². The second kappa shape index (κ2) is 5.92. The monoisotopic (exact) mass is 254 g/mol. The van der Waals surface area contributed by atoms with E-state index >= 15 is 0 Å². The maximum Gasteiger partial charge on any atom is 0.306 e. The molecule has 1 fully saturated rings. The normalized spacial score (nSPS) is 18.7. The number of hydrogen-bond donors (Lipinski definition) is 1. The molecule has 0 aromatic carbocycles. The zero-order chi connectivity index (χ0) is 13.0. The standard InChI is InChI=1S/C11H18N4O3/c16-11(8-13-4-2-1-3-5-13)9-14-7-10(6-12-14)15(17)18/h6-7,11,16H,1-5,8-9H2. The Morgan fingerprint density at radius 2 is 2.11 bits per heavy atom. The van der Waals surface area contributed by atoms with Crippen LogP contribution < -0.4 is 0 Å². The summed E-state index contributed by atoms with van der Waals surface area (Å²) in [5.74, 6) is 0. The Morgan fingerprint density at radius 3 is 2.72 bits per heavy atom. The first-order chi connectivity index (χ1) is 8.65. The smallest absolute Gasteiger partial charge is 0.306 e. The summed E-state index contributed by atoms with van der Waals surface area (Å²) in [6, 6.07) is 0. The van der Waals surface area contributed by atoms with Crippen LogP contribution in [0.25, 0.3) is 0 Å². The van der Waals surface area contributed by atoms with E-state index in [2.05, 4.69) is 10.00 Å². The maximum atomic E-state index is 10.5. The number of aromatic nitrogens is 2. The lowest BCUT2D eigenvalue weighted by atomic mass is 10.1. The van der Waals surface area contributed by atoms with Crippen LogP contribution in [0.3, 0.4) is 0 Å². The molecule has 1 saturated heterocycles. The number of likely N-dealkylation sites (tertiary alicyclic amines) is 1. The summed E-state index contributed by atoms with van der Waals surface area (Å²) in [5, 5.41) is 24.3. The van der Waals surface area contributed by atoms with Gasteiger partial charge in [-0.3, -0.25) is 14.8 Å². The summed E-state index contributed by atoms with van der Waals surface area (Å²) in [5.41, 5.74) is -0.0415. The summed E-state index contributed by atoms with van der Waals surface area (Å²) in [6.07, 6.45) is 5.63. The third kappa shape index (κ3) is 3.51. The molecular formula is C11H18N4O3. The average Bonchev–Trinajstić information content (AvgIpc) is 2.78. The number of piperidine rings is 1. The zero-order valence-corrected chi connectivity index (χ0v) is 10.2. The summed E-state index contributed by atoms with van der Waals surface area (Å²) < 4.78 is 1.42. The highest BCUT2D eigenvalue weighted by atomic mass is 16.6. The van der Waals surface area contributed by atoms with E-state index in [9.17, 15) is 15.2 Å². The van der Waals surface area contributed by atoms with Crippen molar-refractivity contribution in [3.8, 4) is 0 Å². The van der Waals surface area contributed by atoms with Crippen molar-refractivity contribution < 1.29 is 10.0 Å². The van der Waals surface area contributed by atoms with Crippen molar-refractivity contribution in [3.63, 3.8) is 0 Å². The van der Waals surface area contributed by atoms with Crippen LogP contribution >= 0.6 is 0 Å². The van der Waals surface area contributed by atoms with E-state index < -0.39 is 11.0 Å². The van der Waals surface area contributed by atoms with Gasteiger partial charge in [0.1, 0.15) is 12.4 Å². The zero-order valence-electron chi connectivity index (χ0n) is 10.2. The van der Waals surface area contributed by atoms with Crippen molar-refractivity contribution in [1.29, 1.82) is 0 Å². The van der Waals surface area contributed by atoms with Gasteiger partial charge in [-0.05, 0) is 25.9 Å². The molecule has 1 aliphatic heterocycles. The molecule has 18 heavy (non-hydrogen) atoms. The van der Waals surface area contributed by atoms with Crippen molar-refractivity contribution >= 4 is 5.69 Å². The van der Waals surface area contributed by atoms with E-state index in [0.29, 0.717) is 13.1 Å². The van der Waals surface area contributed by atoms with Crippen molar-refractivity contribution in [2.45, 2.75) is 31.9 Å². The third-order valence-electron chi connectivity index (χ3n) is 3.15. The third-order valence-corrected chi connectivity index (χ3v) is 3.15. The minimum atomic E-state index is -0.539. The predicted molar refractivity (Wildman–Crippen MR) is 65.2 cm³/mol. The van der Waals surface area contributed by atoms with E-state index in [4.69, 9.17) is 0 Å². The van der Waals surface area contributed by atoms with Crippen LogP contribution in [0.15, 0.2) is 12.4 Å². The fraction of sp³-hybridized carbons (Fsp3) is 0.727. The Bertz CT molecular complexity index is 401. The minimum absolute atomic E-state index is 0.0415. The van der Waals surface area contributed by atoms with Gasteiger partial charge in [0, 0.05) is 6.54 Å². The molecule has 1 atom stereocenters. The molecule has 0 spiro atoms. The number of hydrogen-bond acceptors (Lipinski definition) is 5. The van der Waals surface area contributed by atoms with Crippen LogP contribution in [0, 0.1) is 10.1 Å². The highest BCUT2D eigenvalue weighted by Gasteiger charge is 2.16. The SMILES string of the molecule is O=[N+]([O-])c1cnn(CC(O)CN2CCCCC2)c1. The quantitative estimate of drug-likeness (QED) is 0.615. The van der Waals surface area contributed by atoms with Gasteiger partial charge < -0.3 is 10.0 Å². The number of rotatable bonds is 5. The van der Waals surface area contributed by atoms with Crippen molar-refractivity contribution in [1.82, 2.24) is 14.7 Å². The lowest BCUT2D eigenvalue weighted by Crippen LogP contribution is -2.38. The molecule has 1 aliphatic rings. The molecule has 0 radical (unpaired) electrons. The van der Waals surface area contributed by atoms with Gasteiger partial charge in [-0.2, -0.15) is 5.10 Å². The molecule has 1 unspecified atom stereocenters. The number of nitrogens with zero attached hydrogens (tertiary/aromatic N) is 4. The molecule has 0 bridgehead atoms. The molecule has 2 heterocycles. The van der Waals surface area contributed by atoms with Crippen LogP contribution in [-0.2, 0) is 6.54 Å². The number of aliphatic hydroxyl groups excluding tert-OH is 1. The maximum absolute atomic E-state index is 10.5. The van der Waals surface area contributed by atoms with Gasteiger partial charge in [0.25, 0.3) is 0 Å². The van der Waals surface area contributed by atoms with Gasteiger partial charge >= 0.3 is 5.69 Å². The molecule has 7 nitrogen and oxygen atoms in total. The van der Waals surface area contributed by atoms with Gasteiger partial charge in [0.2, 0.25) is 0 Å². The second-order valence-corrected chi connectivity index (χ2v) is 4.69. The Morgan fingerprint density at radius 1 is 1.39 bits per heavy atom. The fourth-order valence-electron chi connectivity index (χ4n) is 2.26. The van der Waals surface area contributed by atoms with Crippen LogP contribution in [0.1, 0.15) is 19.3 Å². The minimum Gasteiger partial charge on any atom is -0.390 e. The highest BCUT2D eigenvalue weighted by molar-refractivity contribution is 5.20. The summed E-state index contributed by atoms with van der Waals surface area (Å²) in [7, 11) is 0. The predicted octanol–water partition coefficient (Wildman–Crippen LogP) is 0.638. The Labute approximate surface area is 105 Å². The lowest BCUT2D eigenvalue weighted by Gasteiger charge is -2.28. The molecule has 1 aromatic heterocycles. The van der Waals surface area contributed by atoms with Crippen LogP contribution in [0.5, 0.6) is 0 Å². The highest BCUT2D eigenvalue weighted by Crippen LogP contribution is 2.11. The summed E-state index contributed by atoms with van der Waals surface area (Å²) in [4.78, 5) is 12.2. The summed E-state index contributed by atoms with van der Waals surface area (Å²) >= 11 is 0. The van der Waals surface area contributed by atoms with Crippen molar-refractivity contribution in [2.24, 2.45) is 0 Å².